The number of ether oxygens (including phenoxy) is 1. The van der Waals surface area contributed by atoms with Gasteiger partial charge in [-0.15, -0.1) is 13.2 Å². The SMILES string of the molecule is CCCCCn1c(-c2ccc3c(c2)CC[C@H]3CC(C)=O)nc(C(=O)Nc2ccc(OC(F)(F)F)cc2C)c1C. The van der Waals surface area contributed by atoms with Gasteiger partial charge in [-0.05, 0) is 86.9 Å². The van der Waals surface area contributed by atoms with Crippen molar-refractivity contribution in [2.75, 3.05) is 5.32 Å². The van der Waals surface area contributed by atoms with Crippen LogP contribution in [-0.4, -0.2) is 27.6 Å². The van der Waals surface area contributed by atoms with Gasteiger partial charge in [0.1, 0.15) is 23.1 Å². The summed E-state index contributed by atoms with van der Waals surface area (Å²) in [7, 11) is 0. The van der Waals surface area contributed by atoms with Crippen molar-refractivity contribution in [3.63, 3.8) is 0 Å². The zero-order chi connectivity index (χ0) is 28.3. The molecule has 1 atom stereocenters. The molecule has 4 rings (SSSR count). The fourth-order valence-corrected chi connectivity index (χ4v) is 5.32. The molecular weight excluding hydrogens is 507 g/mol. The number of fused-ring (bicyclic) bond motifs is 1. The maximum absolute atomic E-state index is 13.3. The van der Waals surface area contributed by atoms with E-state index in [2.05, 4.69) is 33.7 Å². The number of aryl methyl sites for hydroxylation is 2. The number of carbonyl (C=O) groups excluding carboxylic acids is 2. The van der Waals surface area contributed by atoms with E-state index in [4.69, 9.17) is 4.98 Å². The summed E-state index contributed by atoms with van der Waals surface area (Å²) in [5, 5.41) is 2.80. The lowest BCUT2D eigenvalue weighted by molar-refractivity contribution is -0.274. The molecule has 0 aliphatic heterocycles. The highest BCUT2D eigenvalue weighted by Gasteiger charge is 2.31. The Morgan fingerprint density at radius 1 is 1.13 bits per heavy atom. The molecule has 9 heteroatoms. The minimum Gasteiger partial charge on any atom is -0.406 e. The van der Waals surface area contributed by atoms with Crippen LogP contribution in [0.25, 0.3) is 11.4 Å². The number of halogens is 3. The van der Waals surface area contributed by atoms with Gasteiger partial charge in [-0.25, -0.2) is 4.98 Å². The molecule has 0 fully saturated rings. The zero-order valence-corrected chi connectivity index (χ0v) is 22.7. The number of Topliss-reactive ketones (excluding diaryl/α,β-unsaturated/α-hetero) is 1. The van der Waals surface area contributed by atoms with Gasteiger partial charge in [0.25, 0.3) is 5.91 Å². The molecule has 2 aromatic carbocycles. The highest BCUT2D eigenvalue weighted by Crippen LogP contribution is 2.38. The topological polar surface area (TPSA) is 73.2 Å². The van der Waals surface area contributed by atoms with Crippen molar-refractivity contribution in [2.45, 2.75) is 85.0 Å². The standard InChI is InChI=1S/C30H34F3N3O3/c1-5-6-7-14-36-20(4)27(29(38)34-26-13-11-24(15-18(26)2)39-30(31,32)33)35-28(36)23-10-12-25-21(16-19(3)37)8-9-22(25)17-23/h10-13,15,17,21H,5-9,14,16H2,1-4H3,(H,34,38)/t21-/m0/s1. The Balaban J connectivity index is 1.63. The van der Waals surface area contributed by atoms with Gasteiger partial charge in [0.05, 0.1) is 0 Å². The number of alkyl halides is 3. The average Bonchev–Trinajstić information content (AvgIpc) is 3.40. The second-order valence-corrected chi connectivity index (χ2v) is 10.3. The van der Waals surface area contributed by atoms with Crippen LogP contribution in [0.15, 0.2) is 36.4 Å². The van der Waals surface area contributed by atoms with E-state index in [0.29, 0.717) is 30.0 Å². The molecular formula is C30H34F3N3O3. The number of hydrogen-bond donors (Lipinski definition) is 1. The molecule has 1 aliphatic rings. The summed E-state index contributed by atoms with van der Waals surface area (Å²) in [5.74, 6) is 0.358. The molecule has 1 amide bonds. The second-order valence-electron chi connectivity index (χ2n) is 10.3. The van der Waals surface area contributed by atoms with Crippen molar-refractivity contribution < 1.29 is 27.5 Å². The highest BCUT2D eigenvalue weighted by molar-refractivity contribution is 6.04. The zero-order valence-electron chi connectivity index (χ0n) is 22.7. The number of anilines is 1. The van der Waals surface area contributed by atoms with Crippen LogP contribution in [0.4, 0.5) is 18.9 Å². The second kappa shape index (κ2) is 11.6. The van der Waals surface area contributed by atoms with E-state index in [9.17, 15) is 22.8 Å². The monoisotopic (exact) mass is 541 g/mol. The molecule has 0 saturated carbocycles. The molecule has 3 aromatic rings. The summed E-state index contributed by atoms with van der Waals surface area (Å²) in [6.07, 6.45) is 0.638. The lowest BCUT2D eigenvalue weighted by Gasteiger charge is -2.13. The fraction of sp³-hybridized carbons (Fsp3) is 0.433. The van der Waals surface area contributed by atoms with Gasteiger partial charge in [-0.3, -0.25) is 4.79 Å². The Morgan fingerprint density at radius 2 is 1.90 bits per heavy atom. The fourth-order valence-electron chi connectivity index (χ4n) is 5.32. The number of aromatic nitrogens is 2. The lowest BCUT2D eigenvalue weighted by Crippen LogP contribution is -2.18. The first-order chi connectivity index (χ1) is 18.5. The van der Waals surface area contributed by atoms with Crippen LogP contribution in [0.1, 0.15) is 84.7 Å². The molecule has 1 N–H and O–H groups in total. The van der Waals surface area contributed by atoms with Gasteiger partial charge < -0.3 is 19.4 Å². The van der Waals surface area contributed by atoms with Gasteiger partial charge in [-0.1, -0.05) is 31.9 Å². The molecule has 39 heavy (non-hydrogen) atoms. The average molecular weight is 542 g/mol. The van der Waals surface area contributed by atoms with Crippen molar-refractivity contribution in [1.29, 1.82) is 0 Å². The Kier molecular flexibility index (Phi) is 8.47. The van der Waals surface area contributed by atoms with Gasteiger partial charge in [0, 0.05) is 29.9 Å². The maximum Gasteiger partial charge on any atom is 0.573 e. The number of benzene rings is 2. The normalized spacial score (nSPS) is 14.8. The molecule has 1 heterocycles. The van der Waals surface area contributed by atoms with Crippen molar-refractivity contribution in [3.8, 4) is 17.1 Å². The maximum atomic E-state index is 13.3. The van der Waals surface area contributed by atoms with Crippen LogP contribution in [0.5, 0.6) is 5.75 Å². The van der Waals surface area contributed by atoms with Crippen molar-refractivity contribution in [1.82, 2.24) is 9.55 Å². The number of nitrogens with zero attached hydrogens (tertiary/aromatic N) is 2. The van der Waals surface area contributed by atoms with E-state index in [1.54, 1.807) is 13.8 Å². The molecule has 0 saturated heterocycles. The number of amides is 1. The summed E-state index contributed by atoms with van der Waals surface area (Å²) in [6.45, 7) is 7.93. The first kappa shape index (κ1) is 28.4. The predicted octanol–water partition coefficient (Wildman–Crippen LogP) is 7.52. The molecule has 0 radical (unpaired) electrons. The molecule has 6 nitrogen and oxygen atoms in total. The first-order valence-corrected chi connectivity index (χ1v) is 13.3. The van der Waals surface area contributed by atoms with Crippen molar-refractivity contribution >= 4 is 17.4 Å². The van der Waals surface area contributed by atoms with Crippen LogP contribution in [-0.2, 0) is 17.8 Å². The van der Waals surface area contributed by atoms with Crippen LogP contribution >= 0.6 is 0 Å². The van der Waals surface area contributed by atoms with E-state index in [0.717, 1.165) is 43.4 Å². The highest BCUT2D eigenvalue weighted by atomic mass is 19.4. The third-order valence-electron chi connectivity index (χ3n) is 7.24. The summed E-state index contributed by atoms with van der Waals surface area (Å²) in [5.41, 5.74) is 5.15. The molecule has 1 aromatic heterocycles. The van der Waals surface area contributed by atoms with E-state index in [-0.39, 0.29) is 23.1 Å². The minimum atomic E-state index is -4.79. The Morgan fingerprint density at radius 3 is 2.56 bits per heavy atom. The van der Waals surface area contributed by atoms with Gasteiger partial charge in [-0.2, -0.15) is 0 Å². The largest absolute Gasteiger partial charge is 0.573 e. The number of hydrogen-bond acceptors (Lipinski definition) is 4. The molecule has 1 aliphatic carbocycles. The van der Waals surface area contributed by atoms with E-state index >= 15 is 0 Å². The smallest absolute Gasteiger partial charge is 0.406 e. The van der Waals surface area contributed by atoms with Gasteiger partial charge in [0.15, 0.2) is 0 Å². The predicted molar refractivity (Wildman–Crippen MR) is 144 cm³/mol. The van der Waals surface area contributed by atoms with Crippen LogP contribution in [0.2, 0.25) is 0 Å². The number of rotatable bonds is 10. The Hall–Kier alpha value is -3.62. The molecule has 0 bridgehead atoms. The van der Waals surface area contributed by atoms with Crippen LogP contribution in [0, 0.1) is 13.8 Å². The quantitative estimate of drug-likeness (QED) is 0.270. The number of imidazole rings is 1. The van der Waals surface area contributed by atoms with Crippen molar-refractivity contribution in [3.05, 3.63) is 64.5 Å². The van der Waals surface area contributed by atoms with Crippen LogP contribution < -0.4 is 10.1 Å². The Labute approximate surface area is 226 Å². The minimum absolute atomic E-state index is 0.187. The summed E-state index contributed by atoms with van der Waals surface area (Å²) < 4.78 is 43.7. The third kappa shape index (κ3) is 6.69. The summed E-state index contributed by atoms with van der Waals surface area (Å²) in [4.78, 5) is 29.8. The number of ketones is 1. The van der Waals surface area contributed by atoms with Crippen molar-refractivity contribution in [2.24, 2.45) is 0 Å². The van der Waals surface area contributed by atoms with Gasteiger partial charge in [0.2, 0.25) is 0 Å². The molecule has 208 valence electrons. The van der Waals surface area contributed by atoms with E-state index in [1.807, 2.05) is 13.0 Å². The molecule has 0 spiro atoms. The lowest BCUT2D eigenvalue weighted by atomic mass is 9.95. The summed E-state index contributed by atoms with van der Waals surface area (Å²) >= 11 is 0. The number of nitrogens with one attached hydrogen (secondary N) is 1. The third-order valence-corrected chi connectivity index (χ3v) is 7.24. The molecule has 0 unspecified atom stereocenters. The number of carbonyl (C=O) groups is 2. The Bertz CT molecular complexity index is 1380. The first-order valence-electron chi connectivity index (χ1n) is 13.3. The van der Waals surface area contributed by atoms with Gasteiger partial charge >= 0.3 is 6.36 Å². The van der Waals surface area contributed by atoms with E-state index in [1.165, 1.54) is 29.3 Å². The summed E-state index contributed by atoms with van der Waals surface area (Å²) in [6, 6.07) is 10.0. The number of unbranched alkanes of at least 4 members (excludes halogenated alkanes) is 2. The van der Waals surface area contributed by atoms with E-state index < -0.39 is 12.3 Å². The van der Waals surface area contributed by atoms with Crippen LogP contribution in [0.3, 0.4) is 0 Å².